The molecule has 0 aliphatic carbocycles. The van der Waals surface area contributed by atoms with Gasteiger partial charge in [-0.25, -0.2) is 0 Å². The van der Waals surface area contributed by atoms with Gasteiger partial charge in [0.05, 0.1) is 0 Å². The van der Waals surface area contributed by atoms with E-state index in [1.54, 1.807) is 7.11 Å². The quantitative estimate of drug-likeness (QED) is 0.392. The van der Waals surface area contributed by atoms with Crippen LogP contribution in [0.15, 0.2) is 0 Å². The highest BCUT2D eigenvalue weighted by Crippen LogP contribution is 1.90. The third kappa shape index (κ3) is 9.98. The number of hydrogen-bond donors (Lipinski definition) is 0. The molecule has 0 aromatic rings. The summed E-state index contributed by atoms with van der Waals surface area (Å²) in [4.78, 5) is 0. The summed E-state index contributed by atoms with van der Waals surface area (Å²) in [7, 11) is 2.98. The molecule has 0 amide bonds. The lowest BCUT2D eigenvalue weighted by molar-refractivity contribution is 0.103. The summed E-state index contributed by atoms with van der Waals surface area (Å²) in [6.45, 7) is 4.77. The van der Waals surface area contributed by atoms with Crippen molar-refractivity contribution >= 4 is 7.28 Å². The Bertz CT molecular complexity index is 61.1. The molecule has 0 spiro atoms. The molecule has 0 fully saturated rings. The molecule has 0 aromatic heterocycles. The van der Waals surface area contributed by atoms with Crippen LogP contribution in [0.4, 0.5) is 0 Å². The average molecular weight is 158 g/mol. The van der Waals surface area contributed by atoms with Gasteiger partial charge in [0.2, 0.25) is 0 Å². The zero-order chi connectivity index (χ0) is 8.36. The van der Waals surface area contributed by atoms with E-state index in [0.717, 1.165) is 26.2 Å². The smallest absolute Gasteiger partial charge is 0.117 e. The molecule has 0 saturated heterocycles. The molecule has 0 heterocycles. The van der Waals surface area contributed by atoms with Crippen LogP contribution >= 0.6 is 0 Å². The van der Waals surface area contributed by atoms with Crippen molar-refractivity contribution in [3.05, 3.63) is 0 Å². The van der Waals surface area contributed by atoms with Crippen LogP contribution in [-0.4, -0.2) is 34.2 Å². The van der Waals surface area contributed by atoms with Crippen LogP contribution in [0.2, 0.25) is 13.1 Å². The first kappa shape index (κ1) is 11.0. The molecule has 0 atom stereocenters. The number of rotatable bonds is 8. The van der Waals surface area contributed by atoms with Crippen LogP contribution in [0, 0.1) is 0 Å². The maximum absolute atomic E-state index is 5.36. The van der Waals surface area contributed by atoms with Gasteiger partial charge in [-0.15, -0.1) is 0 Å². The van der Waals surface area contributed by atoms with E-state index in [1.807, 2.05) is 0 Å². The van der Waals surface area contributed by atoms with E-state index >= 15 is 0 Å². The van der Waals surface area contributed by atoms with Crippen molar-refractivity contribution in [3.8, 4) is 0 Å². The molecule has 0 saturated carbocycles. The Morgan fingerprint density at radius 3 is 2.45 bits per heavy atom. The number of hydrogen-bond acceptors (Lipinski definition) is 2. The monoisotopic (exact) mass is 158 g/mol. The highest BCUT2D eigenvalue weighted by molar-refractivity contribution is 6.33. The molecule has 0 radical (unpaired) electrons. The summed E-state index contributed by atoms with van der Waals surface area (Å²) in [5, 5.41) is 0. The van der Waals surface area contributed by atoms with E-state index in [1.165, 1.54) is 20.0 Å². The molecule has 0 aliphatic rings. The van der Waals surface area contributed by atoms with Crippen LogP contribution in [0.1, 0.15) is 12.8 Å². The van der Waals surface area contributed by atoms with Gasteiger partial charge in [-0.2, -0.15) is 0 Å². The molecule has 0 unspecified atom stereocenters. The van der Waals surface area contributed by atoms with Crippen molar-refractivity contribution in [2.24, 2.45) is 0 Å². The minimum atomic E-state index is 0.813. The maximum atomic E-state index is 5.36. The van der Waals surface area contributed by atoms with Gasteiger partial charge in [0.1, 0.15) is 7.28 Å². The first-order chi connectivity index (χ1) is 5.41. The van der Waals surface area contributed by atoms with E-state index < -0.39 is 0 Å². The number of methoxy groups -OCH3 is 1. The molecule has 0 aliphatic heterocycles. The van der Waals surface area contributed by atoms with Gasteiger partial charge < -0.3 is 9.47 Å². The van der Waals surface area contributed by atoms with Gasteiger partial charge in [0, 0.05) is 26.9 Å². The van der Waals surface area contributed by atoms with Gasteiger partial charge in [0.25, 0.3) is 0 Å². The van der Waals surface area contributed by atoms with Gasteiger partial charge in [-0.3, -0.25) is 0 Å². The minimum Gasteiger partial charge on any atom is -0.385 e. The highest BCUT2D eigenvalue weighted by Gasteiger charge is 1.88. The molecule has 66 valence electrons. The van der Waals surface area contributed by atoms with Crippen molar-refractivity contribution in [2.45, 2.75) is 26.0 Å². The molecular formula is C8H19BO2. The SMILES string of the molecule is CBCCCOCCCOC. The maximum Gasteiger partial charge on any atom is 0.117 e. The first-order valence-electron chi connectivity index (χ1n) is 4.48. The Balaban J connectivity index is 2.69. The zero-order valence-corrected chi connectivity index (χ0v) is 7.77. The Kier molecular flexibility index (Phi) is 9.97. The molecule has 11 heavy (non-hydrogen) atoms. The Hall–Kier alpha value is -0.0151. The molecule has 0 aromatic carbocycles. The fourth-order valence-corrected chi connectivity index (χ4v) is 0.862. The van der Waals surface area contributed by atoms with Gasteiger partial charge in [-0.05, 0) is 12.8 Å². The molecule has 0 N–H and O–H groups in total. The Morgan fingerprint density at radius 2 is 1.82 bits per heavy atom. The van der Waals surface area contributed by atoms with Gasteiger partial charge >= 0.3 is 0 Å². The van der Waals surface area contributed by atoms with Crippen LogP contribution in [0.3, 0.4) is 0 Å². The predicted molar refractivity (Wildman–Crippen MR) is 49.7 cm³/mol. The fraction of sp³-hybridized carbons (Fsp3) is 1.00. The standard InChI is InChI=1S/C8H19BO2/c1-9-5-3-7-11-8-4-6-10-2/h9H,3-8H2,1-2H3. The molecular weight excluding hydrogens is 139 g/mol. The summed E-state index contributed by atoms with van der Waals surface area (Å²) >= 11 is 0. The van der Waals surface area contributed by atoms with E-state index in [9.17, 15) is 0 Å². The summed E-state index contributed by atoms with van der Waals surface area (Å²) in [5.74, 6) is 0. The van der Waals surface area contributed by atoms with E-state index in [2.05, 4.69) is 6.82 Å². The van der Waals surface area contributed by atoms with Crippen molar-refractivity contribution in [1.29, 1.82) is 0 Å². The normalized spacial score (nSPS) is 10.0. The highest BCUT2D eigenvalue weighted by atomic mass is 16.5. The summed E-state index contributed by atoms with van der Waals surface area (Å²) in [6.07, 6.45) is 3.50. The van der Waals surface area contributed by atoms with E-state index in [0.29, 0.717) is 0 Å². The van der Waals surface area contributed by atoms with Gasteiger partial charge in [0.15, 0.2) is 0 Å². The van der Waals surface area contributed by atoms with Crippen LogP contribution < -0.4 is 0 Å². The first-order valence-corrected chi connectivity index (χ1v) is 4.48. The fourth-order valence-electron chi connectivity index (χ4n) is 0.862. The number of ether oxygens (including phenoxy) is 2. The summed E-state index contributed by atoms with van der Waals surface area (Å²) in [6, 6.07) is 0. The molecule has 0 bridgehead atoms. The average Bonchev–Trinajstić information content (AvgIpc) is 2.03. The van der Waals surface area contributed by atoms with Crippen LogP contribution in [0.25, 0.3) is 0 Å². The van der Waals surface area contributed by atoms with Gasteiger partial charge in [-0.1, -0.05) is 13.1 Å². The van der Waals surface area contributed by atoms with E-state index in [-0.39, 0.29) is 0 Å². The Labute approximate surface area is 70.5 Å². The van der Waals surface area contributed by atoms with Crippen LogP contribution in [0.5, 0.6) is 0 Å². The third-order valence-corrected chi connectivity index (χ3v) is 1.53. The molecule has 3 heteroatoms. The second kappa shape index (κ2) is 9.98. The third-order valence-electron chi connectivity index (χ3n) is 1.53. The van der Waals surface area contributed by atoms with Crippen molar-refractivity contribution < 1.29 is 9.47 Å². The summed E-state index contributed by atoms with van der Waals surface area (Å²) < 4.78 is 10.2. The largest absolute Gasteiger partial charge is 0.385 e. The second-order valence-electron chi connectivity index (χ2n) is 2.67. The lowest BCUT2D eigenvalue weighted by Crippen LogP contribution is -2.00. The van der Waals surface area contributed by atoms with Crippen molar-refractivity contribution in [3.63, 3.8) is 0 Å². The van der Waals surface area contributed by atoms with E-state index in [4.69, 9.17) is 9.47 Å². The Morgan fingerprint density at radius 1 is 1.09 bits per heavy atom. The van der Waals surface area contributed by atoms with Crippen molar-refractivity contribution in [1.82, 2.24) is 0 Å². The molecule has 0 rings (SSSR count). The molecule has 2 nitrogen and oxygen atoms in total. The summed E-state index contributed by atoms with van der Waals surface area (Å²) in [5.41, 5.74) is 0. The topological polar surface area (TPSA) is 18.5 Å². The second-order valence-corrected chi connectivity index (χ2v) is 2.67. The zero-order valence-electron chi connectivity index (χ0n) is 7.77. The lowest BCUT2D eigenvalue weighted by Gasteiger charge is -2.01. The lowest BCUT2D eigenvalue weighted by atomic mass is 9.77. The van der Waals surface area contributed by atoms with Crippen LogP contribution in [-0.2, 0) is 9.47 Å². The van der Waals surface area contributed by atoms with Crippen molar-refractivity contribution in [2.75, 3.05) is 26.9 Å². The minimum absolute atomic E-state index is 0.813. The predicted octanol–water partition coefficient (Wildman–Crippen LogP) is 1.33.